The van der Waals surface area contributed by atoms with Gasteiger partial charge >= 0.3 is 0 Å². The lowest BCUT2D eigenvalue weighted by molar-refractivity contribution is 0.0786. The SMILES string of the molecule is Cc1cc(Cl)ccc1Nc1ccc(C(=O)N2CCCC2)nn1. The number of aryl methyl sites for hydroxylation is 1. The molecule has 0 spiro atoms. The lowest BCUT2D eigenvalue weighted by Crippen LogP contribution is -2.28. The van der Waals surface area contributed by atoms with Crippen molar-refractivity contribution in [3.63, 3.8) is 0 Å². The first kappa shape index (κ1) is 14.8. The largest absolute Gasteiger partial charge is 0.339 e. The number of aromatic nitrogens is 2. The molecule has 5 nitrogen and oxygen atoms in total. The third-order valence-corrected chi connectivity index (χ3v) is 3.96. The number of halogens is 1. The van der Waals surface area contributed by atoms with Crippen LogP contribution in [0.3, 0.4) is 0 Å². The number of carbonyl (C=O) groups is 1. The third kappa shape index (κ3) is 3.20. The van der Waals surface area contributed by atoms with E-state index in [1.54, 1.807) is 12.1 Å². The van der Waals surface area contributed by atoms with E-state index in [2.05, 4.69) is 15.5 Å². The van der Waals surface area contributed by atoms with E-state index in [1.807, 2.05) is 30.0 Å². The van der Waals surface area contributed by atoms with Crippen LogP contribution in [-0.4, -0.2) is 34.1 Å². The topological polar surface area (TPSA) is 58.1 Å². The molecule has 0 atom stereocenters. The Morgan fingerprint density at radius 3 is 2.59 bits per heavy atom. The summed E-state index contributed by atoms with van der Waals surface area (Å²) in [6.07, 6.45) is 2.13. The molecule has 1 aliphatic rings. The fourth-order valence-corrected chi connectivity index (χ4v) is 2.73. The molecule has 22 heavy (non-hydrogen) atoms. The molecule has 1 aliphatic heterocycles. The Morgan fingerprint density at radius 2 is 1.95 bits per heavy atom. The molecule has 0 unspecified atom stereocenters. The van der Waals surface area contributed by atoms with E-state index in [-0.39, 0.29) is 5.91 Å². The van der Waals surface area contributed by atoms with Gasteiger partial charge < -0.3 is 10.2 Å². The summed E-state index contributed by atoms with van der Waals surface area (Å²) in [4.78, 5) is 14.0. The molecule has 0 aliphatic carbocycles. The first-order valence-electron chi connectivity index (χ1n) is 7.30. The summed E-state index contributed by atoms with van der Waals surface area (Å²) in [6, 6.07) is 9.06. The summed E-state index contributed by atoms with van der Waals surface area (Å²) < 4.78 is 0. The summed E-state index contributed by atoms with van der Waals surface area (Å²) in [5.41, 5.74) is 2.32. The molecule has 1 amide bonds. The van der Waals surface area contributed by atoms with Gasteiger partial charge in [0.15, 0.2) is 11.5 Å². The van der Waals surface area contributed by atoms with Gasteiger partial charge in [0.1, 0.15) is 0 Å². The first-order valence-corrected chi connectivity index (χ1v) is 7.67. The number of anilines is 2. The molecular weight excluding hydrogens is 300 g/mol. The Morgan fingerprint density at radius 1 is 1.18 bits per heavy atom. The third-order valence-electron chi connectivity index (χ3n) is 3.73. The molecule has 1 saturated heterocycles. The predicted molar refractivity (Wildman–Crippen MR) is 86.6 cm³/mol. The van der Waals surface area contributed by atoms with Gasteiger partial charge in [-0.1, -0.05) is 11.6 Å². The molecule has 3 rings (SSSR count). The second-order valence-corrected chi connectivity index (χ2v) is 5.82. The van der Waals surface area contributed by atoms with Crippen molar-refractivity contribution in [3.05, 3.63) is 46.6 Å². The van der Waals surface area contributed by atoms with Gasteiger partial charge in [0.25, 0.3) is 5.91 Å². The highest BCUT2D eigenvalue weighted by Crippen LogP contribution is 2.22. The van der Waals surface area contributed by atoms with E-state index in [1.165, 1.54) is 0 Å². The quantitative estimate of drug-likeness (QED) is 0.942. The fourth-order valence-electron chi connectivity index (χ4n) is 2.50. The van der Waals surface area contributed by atoms with Crippen LogP contribution < -0.4 is 5.32 Å². The van der Waals surface area contributed by atoms with Crippen LogP contribution in [-0.2, 0) is 0 Å². The highest BCUT2D eigenvalue weighted by Gasteiger charge is 2.20. The van der Waals surface area contributed by atoms with Crippen molar-refractivity contribution in [2.45, 2.75) is 19.8 Å². The van der Waals surface area contributed by atoms with Crippen molar-refractivity contribution in [3.8, 4) is 0 Å². The zero-order chi connectivity index (χ0) is 15.5. The van der Waals surface area contributed by atoms with Crippen molar-refractivity contribution in [2.24, 2.45) is 0 Å². The van der Waals surface area contributed by atoms with Crippen LogP contribution in [0, 0.1) is 6.92 Å². The zero-order valence-corrected chi connectivity index (χ0v) is 13.1. The first-order chi connectivity index (χ1) is 10.6. The number of carbonyl (C=O) groups excluding carboxylic acids is 1. The van der Waals surface area contributed by atoms with E-state index in [0.29, 0.717) is 16.5 Å². The van der Waals surface area contributed by atoms with E-state index >= 15 is 0 Å². The molecule has 1 N–H and O–H groups in total. The summed E-state index contributed by atoms with van der Waals surface area (Å²) in [5.74, 6) is 0.558. The van der Waals surface area contributed by atoms with Gasteiger partial charge in [-0.3, -0.25) is 4.79 Å². The summed E-state index contributed by atoms with van der Waals surface area (Å²) in [7, 11) is 0. The van der Waals surface area contributed by atoms with Crippen LogP contribution in [0.25, 0.3) is 0 Å². The molecular formula is C16H17ClN4O. The molecule has 1 fully saturated rings. The van der Waals surface area contributed by atoms with E-state index in [4.69, 9.17) is 11.6 Å². The smallest absolute Gasteiger partial charge is 0.274 e. The summed E-state index contributed by atoms with van der Waals surface area (Å²) in [5, 5.41) is 12.0. The van der Waals surface area contributed by atoms with Gasteiger partial charge in [0.05, 0.1) is 0 Å². The van der Waals surface area contributed by atoms with Gasteiger partial charge in [-0.25, -0.2) is 0 Å². The Labute approximate surface area is 134 Å². The molecule has 0 bridgehead atoms. The molecule has 1 aromatic heterocycles. The average molecular weight is 317 g/mol. The van der Waals surface area contributed by atoms with Crippen LogP contribution in [0.4, 0.5) is 11.5 Å². The zero-order valence-electron chi connectivity index (χ0n) is 12.3. The molecule has 6 heteroatoms. The molecule has 2 aromatic rings. The Bertz CT molecular complexity index is 681. The van der Waals surface area contributed by atoms with Crippen LogP contribution in [0.2, 0.25) is 5.02 Å². The highest BCUT2D eigenvalue weighted by molar-refractivity contribution is 6.30. The minimum Gasteiger partial charge on any atom is -0.339 e. The lowest BCUT2D eigenvalue weighted by atomic mass is 10.2. The molecule has 0 radical (unpaired) electrons. The van der Waals surface area contributed by atoms with E-state index in [0.717, 1.165) is 37.2 Å². The lowest BCUT2D eigenvalue weighted by Gasteiger charge is -2.14. The Hall–Kier alpha value is -2.14. The van der Waals surface area contributed by atoms with Crippen molar-refractivity contribution in [2.75, 3.05) is 18.4 Å². The Kier molecular flexibility index (Phi) is 4.24. The van der Waals surface area contributed by atoms with Crippen molar-refractivity contribution >= 4 is 29.0 Å². The minimum atomic E-state index is -0.0424. The second-order valence-electron chi connectivity index (χ2n) is 5.39. The Balaban J connectivity index is 1.72. The van der Waals surface area contributed by atoms with E-state index in [9.17, 15) is 4.79 Å². The monoisotopic (exact) mass is 316 g/mol. The minimum absolute atomic E-state index is 0.0424. The number of amides is 1. The molecule has 2 heterocycles. The van der Waals surface area contributed by atoms with Crippen LogP contribution in [0.15, 0.2) is 30.3 Å². The number of likely N-dealkylation sites (tertiary alicyclic amines) is 1. The van der Waals surface area contributed by atoms with Crippen LogP contribution >= 0.6 is 11.6 Å². The van der Waals surface area contributed by atoms with E-state index < -0.39 is 0 Å². The number of nitrogens with one attached hydrogen (secondary N) is 1. The molecule has 1 aromatic carbocycles. The van der Waals surface area contributed by atoms with Gasteiger partial charge in [0.2, 0.25) is 0 Å². The van der Waals surface area contributed by atoms with Crippen molar-refractivity contribution < 1.29 is 4.79 Å². The van der Waals surface area contributed by atoms with Crippen LogP contribution in [0.5, 0.6) is 0 Å². The van der Waals surface area contributed by atoms with Gasteiger partial charge in [-0.15, -0.1) is 10.2 Å². The normalized spacial score (nSPS) is 14.2. The number of nitrogens with zero attached hydrogens (tertiary/aromatic N) is 3. The van der Waals surface area contributed by atoms with Crippen molar-refractivity contribution in [1.82, 2.24) is 15.1 Å². The second kappa shape index (κ2) is 6.32. The predicted octanol–water partition coefficient (Wildman–Crippen LogP) is 3.42. The number of benzene rings is 1. The maximum atomic E-state index is 12.2. The van der Waals surface area contributed by atoms with Crippen LogP contribution in [0.1, 0.15) is 28.9 Å². The van der Waals surface area contributed by atoms with Gasteiger partial charge in [0, 0.05) is 23.8 Å². The van der Waals surface area contributed by atoms with Gasteiger partial charge in [-0.05, 0) is 55.7 Å². The summed E-state index contributed by atoms with van der Waals surface area (Å²) >= 11 is 5.94. The fraction of sp³-hybridized carbons (Fsp3) is 0.312. The number of rotatable bonds is 3. The maximum Gasteiger partial charge on any atom is 0.274 e. The molecule has 114 valence electrons. The summed E-state index contributed by atoms with van der Waals surface area (Å²) in [6.45, 7) is 3.59. The maximum absolute atomic E-state index is 12.2. The number of hydrogen-bond acceptors (Lipinski definition) is 4. The highest BCUT2D eigenvalue weighted by atomic mass is 35.5. The number of hydrogen-bond donors (Lipinski definition) is 1. The van der Waals surface area contributed by atoms with Gasteiger partial charge in [-0.2, -0.15) is 0 Å². The molecule has 0 saturated carbocycles. The standard InChI is InChI=1S/C16H17ClN4O/c1-11-10-12(17)4-5-13(11)18-15-7-6-14(19-20-15)16(22)21-8-2-3-9-21/h4-7,10H,2-3,8-9H2,1H3,(H,18,20). The van der Waals surface area contributed by atoms with Crippen molar-refractivity contribution in [1.29, 1.82) is 0 Å². The average Bonchev–Trinajstić information content (AvgIpc) is 3.04.